The number of hydrogen-bond donors (Lipinski definition) is 1. The van der Waals surface area contributed by atoms with Crippen molar-refractivity contribution in [2.24, 2.45) is 5.92 Å². The van der Waals surface area contributed by atoms with Gasteiger partial charge in [-0.25, -0.2) is 0 Å². The van der Waals surface area contributed by atoms with Crippen LogP contribution in [0.4, 0.5) is 5.69 Å². The average molecular weight is 313 g/mol. The van der Waals surface area contributed by atoms with Gasteiger partial charge in [-0.3, -0.25) is 4.79 Å². The van der Waals surface area contributed by atoms with Crippen LogP contribution in [0.1, 0.15) is 12.8 Å². The Balaban J connectivity index is 1.75. The van der Waals surface area contributed by atoms with Crippen molar-refractivity contribution in [1.82, 2.24) is 5.32 Å². The van der Waals surface area contributed by atoms with Gasteiger partial charge in [0, 0.05) is 42.5 Å². The minimum Gasteiger partial charge on any atom is -0.371 e. The molecule has 1 heterocycles. The molecule has 1 aliphatic rings. The van der Waals surface area contributed by atoms with Crippen LogP contribution >= 0.6 is 23.4 Å². The Labute approximate surface area is 130 Å². The molecule has 3 nitrogen and oxygen atoms in total. The number of hydrogen-bond acceptors (Lipinski definition) is 3. The van der Waals surface area contributed by atoms with Crippen LogP contribution in [-0.4, -0.2) is 37.6 Å². The van der Waals surface area contributed by atoms with Crippen LogP contribution < -0.4 is 10.2 Å². The molecule has 0 spiro atoms. The SMILES string of the molecule is CSCCC(=O)NCC1CCN(c2ccc(Cl)cc2)C1. The van der Waals surface area contributed by atoms with E-state index in [0.717, 1.165) is 36.8 Å². The van der Waals surface area contributed by atoms with E-state index in [9.17, 15) is 4.79 Å². The quantitative estimate of drug-likeness (QED) is 0.876. The third-order valence-electron chi connectivity index (χ3n) is 3.60. The molecule has 1 aliphatic heterocycles. The van der Waals surface area contributed by atoms with Gasteiger partial charge in [-0.15, -0.1) is 0 Å². The molecule has 110 valence electrons. The first-order valence-corrected chi connectivity index (χ1v) is 8.72. The molecule has 1 aromatic rings. The summed E-state index contributed by atoms with van der Waals surface area (Å²) in [6.07, 6.45) is 3.77. The molecule has 0 aliphatic carbocycles. The smallest absolute Gasteiger partial charge is 0.220 e. The first kappa shape index (κ1) is 15.5. The lowest BCUT2D eigenvalue weighted by Gasteiger charge is -2.19. The second-order valence-electron chi connectivity index (χ2n) is 5.12. The maximum absolute atomic E-state index is 11.6. The van der Waals surface area contributed by atoms with Gasteiger partial charge in [-0.2, -0.15) is 11.8 Å². The summed E-state index contributed by atoms with van der Waals surface area (Å²) in [4.78, 5) is 14.0. The molecule has 2 rings (SSSR count). The Morgan fingerprint density at radius 3 is 2.90 bits per heavy atom. The predicted octanol–water partition coefficient (Wildman–Crippen LogP) is 3.04. The first-order valence-electron chi connectivity index (χ1n) is 6.95. The zero-order valence-corrected chi connectivity index (χ0v) is 13.3. The Morgan fingerprint density at radius 1 is 1.45 bits per heavy atom. The standard InChI is InChI=1S/C15H21ClN2OS/c1-20-9-7-15(19)17-10-12-6-8-18(11-12)14-4-2-13(16)3-5-14/h2-5,12H,6-11H2,1H3,(H,17,19). The van der Waals surface area contributed by atoms with E-state index in [1.54, 1.807) is 11.8 Å². The number of thioether (sulfide) groups is 1. The molecule has 1 N–H and O–H groups in total. The van der Waals surface area contributed by atoms with E-state index < -0.39 is 0 Å². The van der Waals surface area contributed by atoms with E-state index >= 15 is 0 Å². The molecule has 1 amide bonds. The molecule has 5 heteroatoms. The van der Waals surface area contributed by atoms with Crippen molar-refractivity contribution in [1.29, 1.82) is 0 Å². The summed E-state index contributed by atoms with van der Waals surface area (Å²) < 4.78 is 0. The predicted molar refractivity (Wildman–Crippen MR) is 87.8 cm³/mol. The van der Waals surface area contributed by atoms with Gasteiger partial charge in [0.05, 0.1) is 0 Å². The lowest BCUT2D eigenvalue weighted by molar-refractivity contribution is -0.120. The second-order valence-corrected chi connectivity index (χ2v) is 6.55. The number of carbonyl (C=O) groups excluding carboxylic acids is 1. The molecule has 0 aromatic heterocycles. The monoisotopic (exact) mass is 312 g/mol. The van der Waals surface area contributed by atoms with Crippen molar-refractivity contribution in [3.8, 4) is 0 Å². The molecule has 1 saturated heterocycles. The zero-order chi connectivity index (χ0) is 14.4. The van der Waals surface area contributed by atoms with Crippen molar-refractivity contribution >= 4 is 35.0 Å². The van der Waals surface area contributed by atoms with Crippen molar-refractivity contribution in [3.63, 3.8) is 0 Å². The fourth-order valence-electron chi connectivity index (χ4n) is 2.43. The van der Waals surface area contributed by atoms with Crippen LogP contribution in [0.15, 0.2) is 24.3 Å². The Kier molecular flexibility index (Phi) is 6.05. The maximum Gasteiger partial charge on any atom is 0.220 e. The van der Waals surface area contributed by atoms with Crippen LogP contribution in [0, 0.1) is 5.92 Å². The number of nitrogens with zero attached hydrogens (tertiary/aromatic N) is 1. The summed E-state index contributed by atoms with van der Waals surface area (Å²) in [6, 6.07) is 7.96. The average Bonchev–Trinajstić information content (AvgIpc) is 2.92. The molecular formula is C15H21ClN2OS. The highest BCUT2D eigenvalue weighted by molar-refractivity contribution is 7.98. The number of nitrogens with one attached hydrogen (secondary N) is 1. The number of carbonyl (C=O) groups is 1. The lowest BCUT2D eigenvalue weighted by Crippen LogP contribution is -2.31. The minimum absolute atomic E-state index is 0.171. The van der Waals surface area contributed by atoms with Gasteiger partial charge in [-0.1, -0.05) is 11.6 Å². The van der Waals surface area contributed by atoms with Gasteiger partial charge in [-0.05, 0) is 42.9 Å². The normalized spacial score (nSPS) is 18.3. The van der Waals surface area contributed by atoms with E-state index in [2.05, 4.69) is 22.3 Å². The topological polar surface area (TPSA) is 32.3 Å². The van der Waals surface area contributed by atoms with E-state index in [-0.39, 0.29) is 5.91 Å². The Hall–Kier alpha value is -0.870. The summed E-state index contributed by atoms with van der Waals surface area (Å²) >= 11 is 7.61. The highest BCUT2D eigenvalue weighted by Gasteiger charge is 2.22. The maximum atomic E-state index is 11.6. The van der Waals surface area contributed by atoms with Crippen molar-refractivity contribution < 1.29 is 4.79 Å². The van der Waals surface area contributed by atoms with Gasteiger partial charge in [0.25, 0.3) is 0 Å². The molecule has 0 bridgehead atoms. The number of benzene rings is 1. The number of amides is 1. The highest BCUT2D eigenvalue weighted by Crippen LogP contribution is 2.24. The highest BCUT2D eigenvalue weighted by atomic mass is 35.5. The minimum atomic E-state index is 0.171. The summed E-state index contributed by atoms with van der Waals surface area (Å²) in [5, 5.41) is 3.81. The molecular weight excluding hydrogens is 292 g/mol. The third kappa shape index (κ3) is 4.60. The van der Waals surface area contributed by atoms with Crippen molar-refractivity contribution in [2.45, 2.75) is 12.8 Å². The molecule has 1 atom stereocenters. The van der Waals surface area contributed by atoms with Gasteiger partial charge < -0.3 is 10.2 Å². The van der Waals surface area contributed by atoms with Crippen molar-refractivity contribution in [2.75, 3.05) is 36.5 Å². The van der Waals surface area contributed by atoms with Crippen molar-refractivity contribution in [3.05, 3.63) is 29.3 Å². The fourth-order valence-corrected chi connectivity index (χ4v) is 2.94. The van der Waals surface area contributed by atoms with E-state index in [0.29, 0.717) is 12.3 Å². The molecule has 20 heavy (non-hydrogen) atoms. The summed E-state index contributed by atoms with van der Waals surface area (Å²) in [5.74, 6) is 1.61. The third-order valence-corrected chi connectivity index (χ3v) is 4.46. The van der Waals surface area contributed by atoms with Crippen LogP contribution in [-0.2, 0) is 4.79 Å². The van der Waals surface area contributed by atoms with Gasteiger partial charge >= 0.3 is 0 Å². The molecule has 0 radical (unpaired) electrons. The van der Waals surface area contributed by atoms with Crippen LogP contribution in [0.2, 0.25) is 5.02 Å². The number of anilines is 1. The van der Waals surface area contributed by atoms with E-state index in [1.165, 1.54) is 5.69 Å². The Bertz CT molecular complexity index is 438. The second kappa shape index (κ2) is 7.79. The van der Waals surface area contributed by atoms with Crippen LogP contribution in [0.3, 0.4) is 0 Å². The Morgan fingerprint density at radius 2 is 2.20 bits per heavy atom. The number of halogens is 1. The molecule has 1 aromatic carbocycles. The lowest BCUT2D eigenvalue weighted by atomic mass is 10.1. The van der Waals surface area contributed by atoms with Crippen LogP contribution in [0.5, 0.6) is 0 Å². The zero-order valence-electron chi connectivity index (χ0n) is 11.8. The number of rotatable bonds is 6. The summed E-state index contributed by atoms with van der Waals surface area (Å²) in [7, 11) is 0. The van der Waals surface area contributed by atoms with Gasteiger partial charge in [0.1, 0.15) is 0 Å². The summed E-state index contributed by atoms with van der Waals surface area (Å²) in [6.45, 7) is 2.84. The van der Waals surface area contributed by atoms with Gasteiger partial charge in [0.2, 0.25) is 5.91 Å². The van der Waals surface area contributed by atoms with Crippen LogP contribution in [0.25, 0.3) is 0 Å². The van der Waals surface area contributed by atoms with E-state index in [4.69, 9.17) is 11.6 Å². The summed E-state index contributed by atoms with van der Waals surface area (Å²) in [5.41, 5.74) is 1.21. The van der Waals surface area contributed by atoms with E-state index in [1.807, 2.05) is 18.4 Å². The fraction of sp³-hybridized carbons (Fsp3) is 0.533. The largest absolute Gasteiger partial charge is 0.371 e. The molecule has 0 saturated carbocycles. The van der Waals surface area contributed by atoms with Gasteiger partial charge in [0.15, 0.2) is 0 Å². The molecule has 1 fully saturated rings. The molecule has 1 unspecified atom stereocenters. The first-order chi connectivity index (χ1) is 9.69.